The van der Waals surface area contributed by atoms with Gasteiger partial charge < -0.3 is 14.7 Å². The number of carbonyl (C=O) groups excluding carboxylic acids is 1. The molecule has 26 heavy (non-hydrogen) atoms. The number of carbonyl (C=O) groups is 1. The standard InChI is InChI=1S/C21H25NO3S/c1-25-16-9-7-15(8-10-16)19-17-5-2-3-11-21(17,24)12-13-22(19)20(23)18-6-4-14-26-18/h4,6-10,14,17,19,24H,2-3,5,11-13H2,1H3/t17-,19+,21+/m0/s1. The second kappa shape index (κ2) is 7.05. The number of hydrogen-bond donors (Lipinski definition) is 1. The van der Waals surface area contributed by atoms with Crippen LogP contribution in [0.15, 0.2) is 41.8 Å². The molecule has 1 saturated carbocycles. The number of hydrogen-bond acceptors (Lipinski definition) is 4. The third-order valence-electron chi connectivity index (χ3n) is 6.02. The van der Waals surface area contributed by atoms with Gasteiger partial charge in [-0.3, -0.25) is 4.79 Å². The van der Waals surface area contributed by atoms with E-state index < -0.39 is 5.60 Å². The number of likely N-dealkylation sites (tertiary alicyclic amines) is 1. The van der Waals surface area contributed by atoms with E-state index in [1.165, 1.54) is 11.3 Å². The lowest BCUT2D eigenvalue weighted by atomic mass is 9.66. The van der Waals surface area contributed by atoms with E-state index in [0.717, 1.165) is 41.9 Å². The van der Waals surface area contributed by atoms with Gasteiger partial charge in [-0.1, -0.05) is 31.0 Å². The number of aliphatic hydroxyl groups is 1. The van der Waals surface area contributed by atoms with Crippen molar-refractivity contribution in [1.29, 1.82) is 0 Å². The number of thiophene rings is 1. The Morgan fingerprint density at radius 3 is 2.73 bits per heavy atom. The zero-order valence-corrected chi connectivity index (χ0v) is 15.9. The van der Waals surface area contributed by atoms with E-state index in [-0.39, 0.29) is 17.9 Å². The van der Waals surface area contributed by atoms with Crippen molar-refractivity contribution in [1.82, 2.24) is 4.90 Å². The minimum Gasteiger partial charge on any atom is -0.497 e. The molecule has 0 unspecified atom stereocenters. The fourth-order valence-corrected chi connectivity index (χ4v) is 5.34. The van der Waals surface area contributed by atoms with Crippen molar-refractivity contribution in [3.63, 3.8) is 0 Å². The van der Waals surface area contributed by atoms with Crippen LogP contribution in [0.5, 0.6) is 5.75 Å². The highest BCUT2D eigenvalue weighted by molar-refractivity contribution is 7.12. The summed E-state index contributed by atoms with van der Waals surface area (Å²) in [5, 5.41) is 13.2. The summed E-state index contributed by atoms with van der Waals surface area (Å²) >= 11 is 1.48. The number of methoxy groups -OCH3 is 1. The van der Waals surface area contributed by atoms with Crippen LogP contribution in [0.3, 0.4) is 0 Å². The SMILES string of the molecule is COc1ccc([C@@H]2[C@@H]3CCCC[C@@]3(O)CCN2C(=O)c2cccs2)cc1. The first-order chi connectivity index (χ1) is 12.6. The van der Waals surface area contributed by atoms with Crippen LogP contribution < -0.4 is 4.74 Å². The van der Waals surface area contributed by atoms with E-state index in [4.69, 9.17) is 4.74 Å². The summed E-state index contributed by atoms with van der Waals surface area (Å²) in [4.78, 5) is 15.9. The second-order valence-electron chi connectivity index (χ2n) is 7.40. The molecule has 1 aromatic carbocycles. The molecule has 0 bridgehead atoms. The Kier molecular flexibility index (Phi) is 4.76. The minimum absolute atomic E-state index is 0.0773. The average molecular weight is 372 g/mol. The van der Waals surface area contributed by atoms with Crippen LogP contribution in [0, 0.1) is 5.92 Å². The molecule has 2 aliphatic rings. The summed E-state index contributed by atoms with van der Waals surface area (Å²) in [6.07, 6.45) is 4.65. The van der Waals surface area contributed by atoms with E-state index in [1.54, 1.807) is 7.11 Å². The summed E-state index contributed by atoms with van der Waals surface area (Å²) in [5.41, 5.74) is 0.426. The predicted octanol–water partition coefficient (Wildman–Crippen LogP) is 4.27. The quantitative estimate of drug-likeness (QED) is 0.877. The smallest absolute Gasteiger partial charge is 0.264 e. The van der Waals surface area contributed by atoms with Crippen molar-refractivity contribution in [3.05, 3.63) is 52.2 Å². The fraction of sp³-hybridized carbons (Fsp3) is 0.476. The molecule has 4 nitrogen and oxygen atoms in total. The third kappa shape index (κ3) is 3.03. The van der Waals surface area contributed by atoms with Crippen molar-refractivity contribution in [2.75, 3.05) is 13.7 Å². The average Bonchev–Trinajstić information content (AvgIpc) is 3.21. The summed E-state index contributed by atoms with van der Waals surface area (Å²) in [6, 6.07) is 11.7. The van der Waals surface area contributed by atoms with Gasteiger partial charge in [-0.2, -0.15) is 0 Å². The number of nitrogens with zero attached hydrogens (tertiary/aromatic N) is 1. The highest BCUT2D eigenvalue weighted by Crippen LogP contribution is 2.49. The maximum Gasteiger partial charge on any atom is 0.264 e. The fourth-order valence-electron chi connectivity index (χ4n) is 4.66. The second-order valence-corrected chi connectivity index (χ2v) is 8.35. The van der Waals surface area contributed by atoms with Crippen LogP contribution in [0.2, 0.25) is 0 Å². The van der Waals surface area contributed by atoms with Crippen LogP contribution >= 0.6 is 11.3 Å². The van der Waals surface area contributed by atoms with E-state index in [9.17, 15) is 9.90 Å². The van der Waals surface area contributed by atoms with Gasteiger partial charge in [0.1, 0.15) is 5.75 Å². The van der Waals surface area contributed by atoms with Gasteiger partial charge in [0.25, 0.3) is 5.91 Å². The van der Waals surface area contributed by atoms with Gasteiger partial charge in [-0.15, -0.1) is 11.3 Å². The molecule has 1 amide bonds. The number of piperidine rings is 1. The number of ether oxygens (including phenoxy) is 1. The summed E-state index contributed by atoms with van der Waals surface area (Å²) in [5.74, 6) is 0.968. The monoisotopic (exact) mass is 371 g/mol. The maximum absolute atomic E-state index is 13.2. The predicted molar refractivity (Wildman–Crippen MR) is 103 cm³/mol. The highest BCUT2D eigenvalue weighted by Gasteiger charge is 2.50. The van der Waals surface area contributed by atoms with Crippen LogP contribution in [0.25, 0.3) is 0 Å². The molecule has 0 radical (unpaired) electrons. The van der Waals surface area contributed by atoms with Gasteiger partial charge in [0.2, 0.25) is 0 Å². The number of amides is 1. The lowest BCUT2D eigenvalue weighted by molar-refractivity contribution is -0.114. The first kappa shape index (κ1) is 17.6. The Balaban J connectivity index is 1.73. The molecule has 2 fully saturated rings. The van der Waals surface area contributed by atoms with E-state index >= 15 is 0 Å². The minimum atomic E-state index is -0.658. The van der Waals surface area contributed by atoms with Crippen LogP contribution in [-0.2, 0) is 0 Å². The van der Waals surface area contributed by atoms with Crippen LogP contribution in [0.4, 0.5) is 0 Å². The molecule has 2 heterocycles. The van der Waals surface area contributed by atoms with E-state index in [2.05, 4.69) is 0 Å². The Hall–Kier alpha value is -1.85. The van der Waals surface area contributed by atoms with Crippen molar-refractivity contribution in [2.24, 2.45) is 5.92 Å². The molecule has 138 valence electrons. The van der Waals surface area contributed by atoms with E-state index in [0.29, 0.717) is 13.0 Å². The molecular formula is C21H25NO3S. The molecule has 3 atom stereocenters. The van der Waals surface area contributed by atoms with Crippen molar-refractivity contribution < 1.29 is 14.6 Å². The zero-order chi connectivity index (χ0) is 18.1. The van der Waals surface area contributed by atoms with Crippen LogP contribution in [-0.4, -0.2) is 35.2 Å². The molecule has 1 aliphatic carbocycles. The van der Waals surface area contributed by atoms with E-state index in [1.807, 2.05) is 46.7 Å². The molecule has 0 spiro atoms. The molecular weight excluding hydrogens is 346 g/mol. The first-order valence-corrected chi connectivity index (χ1v) is 10.2. The Morgan fingerprint density at radius 2 is 2.04 bits per heavy atom. The maximum atomic E-state index is 13.2. The number of fused-ring (bicyclic) bond motifs is 1. The van der Waals surface area contributed by atoms with Gasteiger partial charge >= 0.3 is 0 Å². The largest absolute Gasteiger partial charge is 0.497 e. The van der Waals surface area contributed by atoms with Gasteiger partial charge in [0.05, 0.1) is 23.6 Å². The summed E-state index contributed by atoms with van der Waals surface area (Å²) < 4.78 is 5.29. The molecule has 1 aliphatic heterocycles. The number of rotatable bonds is 3. The molecule has 5 heteroatoms. The Labute approximate surface area is 158 Å². The zero-order valence-electron chi connectivity index (χ0n) is 15.1. The summed E-state index contributed by atoms with van der Waals surface area (Å²) in [7, 11) is 1.65. The third-order valence-corrected chi connectivity index (χ3v) is 6.88. The Bertz CT molecular complexity index is 758. The van der Waals surface area contributed by atoms with Gasteiger partial charge in [0, 0.05) is 12.5 Å². The lowest BCUT2D eigenvalue weighted by Gasteiger charge is -2.52. The topological polar surface area (TPSA) is 49.8 Å². The van der Waals surface area contributed by atoms with Crippen molar-refractivity contribution in [3.8, 4) is 5.75 Å². The Morgan fingerprint density at radius 1 is 1.23 bits per heavy atom. The van der Waals surface area contributed by atoms with Crippen molar-refractivity contribution in [2.45, 2.75) is 43.7 Å². The van der Waals surface area contributed by atoms with Crippen molar-refractivity contribution >= 4 is 17.2 Å². The first-order valence-electron chi connectivity index (χ1n) is 9.33. The lowest BCUT2D eigenvalue weighted by Crippen LogP contribution is -2.56. The van der Waals surface area contributed by atoms with Gasteiger partial charge in [0.15, 0.2) is 0 Å². The molecule has 1 saturated heterocycles. The van der Waals surface area contributed by atoms with Gasteiger partial charge in [-0.05, 0) is 48.4 Å². The molecule has 4 rings (SSSR count). The summed E-state index contributed by atoms with van der Waals surface area (Å²) in [6.45, 7) is 0.598. The highest BCUT2D eigenvalue weighted by atomic mass is 32.1. The molecule has 1 aromatic heterocycles. The molecule has 2 aromatic rings. The molecule has 1 N–H and O–H groups in total. The normalized spacial score (nSPS) is 28.5. The number of benzene rings is 1. The van der Waals surface area contributed by atoms with Crippen LogP contribution in [0.1, 0.15) is 53.4 Å². The van der Waals surface area contributed by atoms with Gasteiger partial charge in [-0.25, -0.2) is 0 Å².